The van der Waals surface area contributed by atoms with Crippen molar-refractivity contribution in [2.24, 2.45) is 0 Å². The summed E-state index contributed by atoms with van der Waals surface area (Å²) < 4.78 is 0. The van der Waals surface area contributed by atoms with Crippen LogP contribution in [0.3, 0.4) is 0 Å². The van der Waals surface area contributed by atoms with Crippen LogP contribution >= 0.6 is 0 Å². The van der Waals surface area contributed by atoms with Gasteiger partial charge in [-0.25, -0.2) is 0 Å². The number of aryl methyl sites for hydroxylation is 1. The van der Waals surface area contributed by atoms with Crippen LogP contribution in [0.15, 0.2) is 18.2 Å². The van der Waals surface area contributed by atoms with Crippen molar-refractivity contribution in [3.63, 3.8) is 0 Å². The fourth-order valence-corrected chi connectivity index (χ4v) is 2.75. The van der Waals surface area contributed by atoms with Crippen LogP contribution in [0.1, 0.15) is 47.7 Å². The van der Waals surface area contributed by atoms with Crippen molar-refractivity contribution in [3.8, 4) is 11.8 Å². The van der Waals surface area contributed by atoms with Crippen LogP contribution in [0, 0.1) is 18.8 Å². The van der Waals surface area contributed by atoms with Gasteiger partial charge in [-0.3, -0.25) is 4.79 Å². The number of likely N-dealkylation sites (tertiary alicyclic amines) is 1. The van der Waals surface area contributed by atoms with E-state index in [2.05, 4.69) is 18.8 Å². The summed E-state index contributed by atoms with van der Waals surface area (Å²) in [5, 5.41) is 8.75. The standard InChI is InChI=1S/C17H21NO2/c1-3-15-7-4-10-18(15)17(20)16-12-14(6-5-11-19)9-8-13(16)2/h8-9,12,15,19H,3-4,7,10-11H2,1-2H3. The van der Waals surface area contributed by atoms with Gasteiger partial charge in [0.1, 0.15) is 6.61 Å². The maximum absolute atomic E-state index is 12.7. The van der Waals surface area contributed by atoms with Gasteiger partial charge in [-0.15, -0.1) is 0 Å². The van der Waals surface area contributed by atoms with Gasteiger partial charge < -0.3 is 10.0 Å². The molecule has 2 rings (SSSR count). The predicted molar refractivity (Wildman–Crippen MR) is 79.5 cm³/mol. The number of aliphatic hydroxyl groups is 1. The van der Waals surface area contributed by atoms with Crippen molar-refractivity contribution in [1.82, 2.24) is 4.90 Å². The van der Waals surface area contributed by atoms with Crippen LogP contribution in [-0.2, 0) is 0 Å². The Kier molecular flexibility index (Phi) is 4.81. The zero-order valence-corrected chi connectivity index (χ0v) is 12.1. The summed E-state index contributed by atoms with van der Waals surface area (Å²) in [6.07, 6.45) is 3.20. The highest BCUT2D eigenvalue weighted by atomic mass is 16.2. The van der Waals surface area contributed by atoms with Gasteiger partial charge in [0.25, 0.3) is 5.91 Å². The summed E-state index contributed by atoms with van der Waals surface area (Å²) in [5.41, 5.74) is 2.49. The van der Waals surface area contributed by atoms with Crippen molar-refractivity contribution < 1.29 is 9.90 Å². The molecule has 1 fully saturated rings. The quantitative estimate of drug-likeness (QED) is 0.839. The maximum atomic E-state index is 12.7. The third kappa shape index (κ3) is 3.02. The normalized spacial score (nSPS) is 17.8. The Morgan fingerprint density at radius 2 is 2.30 bits per heavy atom. The molecule has 0 aromatic heterocycles. The van der Waals surface area contributed by atoms with Crippen LogP contribution in [0.4, 0.5) is 0 Å². The molecule has 20 heavy (non-hydrogen) atoms. The largest absolute Gasteiger partial charge is 0.384 e. The molecule has 106 valence electrons. The first kappa shape index (κ1) is 14.6. The Hall–Kier alpha value is -1.79. The molecule has 0 radical (unpaired) electrons. The van der Waals surface area contributed by atoms with E-state index in [0.717, 1.165) is 42.5 Å². The number of benzene rings is 1. The molecule has 0 spiro atoms. The average molecular weight is 271 g/mol. The van der Waals surface area contributed by atoms with E-state index in [0.29, 0.717) is 6.04 Å². The van der Waals surface area contributed by atoms with Gasteiger partial charge in [0.2, 0.25) is 0 Å². The number of carbonyl (C=O) groups is 1. The Morgan fingerprint density at radius 3 is 3.00 bits per heavy atom. The molecule has 1 heterocycles. The number of aliphatic hydroxyl groups excluding tert-OH is 1. The molecule has 1 aliphatic heterocycles. The van der Waals surface area contributed by atoms with Crippen LogP contribution in [0.2, 0.25) is 0 Å². The third-order valence-corrected chi connectivity index (χ3v) is 3.89. The molecule has 3 nitrogen and oxygen atoms in total. The average Bonchev–Trinajstić information content (AvgIpc) is 2.94. The summed E-state index contributed by atoms with van der Waals surface area (Å²) in [6, 6.07) is 6.02. The van der Waals surface area contributed by atoms with Gasteiger partial charge in [-0.1, -0.05) is 24.8 Å². The van der Waals surface area contributed by atoms with E-state index in [1.165, 1.54) is 0 Å². The molecular formula is C17H21NO2. The summed E-state index contributed by atoms with van der Waals surface area (Å²) in [6.45, 7) is 4.77. The molecule has 0 bridgehead atoms. The molecule has 1 N–H and O–H groups in total. The summed E-state index contributed by atoms with van der Waals surface area (Å²) >= 11 is 0. The van der Waals surface area contributed by atoms with E-state index in [-0.39, 0.29) is 12.5 Å². The first-order valence-corrected chi connectivity index (χ1v) is 7.18. The SMILES string of the molecule is CCC1CCCN1C(=O)c1cc(C#CCO)ccc1C. The number of carbonyl (C=O) groups excluding carboxylic acids is 1. The van der Waals surface area contributed by atoms with Gasteiger partial charge in [-0.05, 0) is 43.9 Å². The first-order valence-electron chi connectivity index (χ1n) is 7.18. The molecular weight excluding hydrogens is 250 g/mol. The van der Waals surface area contributed by atoms with Crippen molar-refractivity contribution in [2.75, 3.05) is 13.2 Å². The lowest BCUT2D eigenvalue weighted by Crippen LogP contribution is -2.35. The van der Waals surface area contributed by atoms with Crippen LogP contribution in [-0.4, -0.2) is 35.1 Å². The van der Waals surface area contributed by atoms with Crippen molar-refractivity contribution in [3.05, 3.63) is 34.9 Å². The second kappa shape index (κ2) is 6.58. The van der Waals surface area contributed by atoms with Crippen molar-refractivity contribution in [2.45, 2.75) is 39.2 Å². The highest BCUT2D eigenvalue weighted by molar-refractivity contribution is 5.96. The third-order valence-electron chi connectivity index (χ3n) is 3.89. The fourth-order valence-electron chi connectivity index (χ4n) is 2.75. The summed E-state index contributed by atoms with van der Waals surface area (Å²) in [4.78, 5) is 14.7. The molecule has 0 saturated carbocycles. The zero-order valence-electron chi connectivity index (χ0n) is 12.1. The smallest absolute Gasteiger partial charge is 0.254 e. The monoisotopic (exact) mass is 271 g/mol. The van der Waals surface area contributed by atoms with E-state index in [1.54, 1.807) is 0 Å². The maximum Gasteiger partial charge on any atom is 0.254 e. The molecule has 1 atom stereocenters. The lowest BCUT2D eigenvalue weighted by molar-refractivity contribution is 0.0733. The van der Waals surface area contributed by atoms with E-state index >= 15 is 0 Å². The Morgan fingerprint density at radius 1 is 1.50 bits per heavy atom. The Bertz CT molecular complexity index is 554. The number of amides is 1. The van der Waals surface area contributed by atoms with Crippen LogP contribution in [0.5, 0.6) is 0 Å². The van der Waals surface area contributed by atoms with Gasteiger partial charge in [0.05, 0.1) is 0 Å². The van der Waals surface area contributed by atoms with E-state index in [9.17, 15) is 4.79 Å². The highest BCUT2D eigenvalue weighted by Crippen LogP contribution is 2.23. The van der Waals surface area contributed by atoms with E-state index in [4.69, 9.17) is 5.11 Å². The highest BCUT2D eigenvalue weighted by Gasteiger charge is 2.28. The molecule has 3 heteroatoms. The van der Waals surface area contributed by atoms with E-state index < -0.39 is 0 Å². The zero-order chi connectivity index (χ0) is 14.5. The second-order valence-electron chi connectivity index (χ2n) is 5.19. The van der Waals surface area contributed by atoms with Crippen molar-refractivity contribution in [1.29, 1.82) is 0 Å². The van der Waals surface area contributed by atoms with Gasteiger partial charge in [0, 0.05) is 23.7 Å². The number of rotatable bonds is 2. The molecule has 1 amide bonds. The first-order chi connectivity index (χ1) is 9.67. The minimum atomic E-state index is -0.165. The summed E-state index contributed by atoms with van der Waals surface area (Å²) in [5.74, 6) is 5.59. The van der Waals surface area contributed by atoms with Crippen LogP contribution in [0.25, 0.3) is 0 Å². The molecule has 1 aromatic carbocycles. The van der Waals surface area contributed by atoms with Crippen LogP contribution < -0.4 is 0 Å². The Balaban J connectivity index is 2.29. The molecule has 1 unspecified atom stereocenters. The lowest BCUT2D eigenvalue weighted by atomic mass is 10.0. The topological polar surface area (TPSA) is 40.5 Å². The molecule has 1 aromatic rings. The van der Waals surface area contributed by atoms with E-state index in [1.807, 2.05) is 30.0 Å². The Labute approximate surface area is 120 Å². The van der Waals surface area contributed by atoms with Gasteiger partial charge in [-0.2, -0.15) is 0 Å². The number of hydrogen-bond acceptors (Lipinski definition) is 2. The van der Waals surface area contributed by atoms with Crippen molar-refractivity contribution >= 4 is 5.91 Å². The molecule has 1 saturated heterocycles. The minimum absolute atomic E-state index is 0.111. The fraction of sp³-hybridized carbons (Fsp3) is 0.471. The van der Waals surface area contributed by atoms with Gasteiger partial charge in [0.15, 0.2) is 0 Å². The minimum Gasteiger partial charge on any atom is -0.384 e. The number of nitrogens with zero attached hydrogens (tertiary/aromatic N) is 1. The predicted octanol–water partition coefficient (Wildman–Crippen LogP) is 2.35. The van der Waals surface area contributed by atoms with Gasteiger partial charge >= 0.3 is 0 Å². The lowest BCUT2D eigenvalue weighted by Gasteiger charge is -2.24. The summed E-state index contributed by atoms with van der Waals surface area (Å²) in [7, 11) is 0. The molecule has 0 aliphatic carbocycles. The second-order valence-corrected chi connectivity index (χ2v) is 5.19. The molecule has 1 aliphatic rings. The number of hydrogen-bond donors (Lipinski definition) is 1.